The van der Waals surface area contributed by atoms with Gasteiger partial charge in [-0.25, -0.2) is 8.42 Å². The van der Waals surface area contributed by atoms with Crippen molar-refractivity contribution in [1.82, 2.24) is 9.21 Å². The van der Waals surface area contributed by atoms with Crippen LogP contribution >= 0.6 is 11.8 Å². The van der Waals surface area contributed by atoms with Crippen LogP contribution in [0, 0.1) is 0 Å². The highest BCUT2D eigenvalue weighted by Crippen LogP contribution is 2.39. The fraction of sp³-hybridized carbons (Fsp3) is 0.280. The highest BCUT2D eigenvalue weighted by atomic mass is 32.2. The third-order valence-electron chi connectivity index (χ3n) is 5.79. The van der Waals surface area contributed by atoms with Crippen molar-refractivity contribution in [2.75, 3.05) is 24.2 Å². The molecule has 10 heteroatoms. The summed E-state index contributed by atoms with van der Waals surface area (Å²) in [4.78, 5) is 27.1. The summed E-state index contributed by atoms with van der Waals surface area (Å²) < 4.78 is 32.0. The number of sulfonamides is 1. The van der Waals surface area contributed by atoms with Crippen LogP contribution in [0.2, 0.25) is 0 Å². The lowest BCUT2D eigenvalue weighted by Crippen LogP contribution is -2.30. The summed E-state index contributed by atoms with van der Waals surface area (Å²) >= 11 is 1.54. The van der Waals surface area contributed by atoms with Gasteiger partial charge >= 0.3 is 0 Å². The van der Waals surface area contributed by atoms with Gasteiger partial charge in [0.15, 0.2) is 0 Å². The average molecular weight is 514 g/mol. The van der Waals surface area contributed by atoms with Crippen molar-refractivity contribution in [3.63, 3.8) is 0 Å². The summed E-state index contributed by atoms with van der Waals surface area (Å²) in [7, 11) is -3.55. The lowest BCUT2D eigenvalue weighted by Gasteiger charge is -2.23. The molecule has 3 aromatic rings. The van der Waals surface area contributed by atoms with Crippen LogP contribution in [0.5, 0.6) is 0 Å². The Labute approximate surface area is 209 Å². The number of nitrogens with zero attached hydrogens (tertiary/aromatic N) is 2. The fourth-order valence-electron chi connectivity index (χ4n) is 3.90. The number of hydrogen-bond donors (Lipinski definition) is 1. The number of carbonyl (C=O) groups excluding carboxylic acids is 2. The maximum atomic E-state index is 12.7. The van der Waals surface area contributed by atoms with E-state index in [-0.39, 0.29) is 22.1 Å². The predicted octanol–water partition coefficient (Wildman–Crippen LogP) is 4.34. The number of anilines is 1. The molecule has 1 aromatic heterocycles. The second-order valence-electron chi connectivity index (χ2n) is 7.95. The highest BCUT2D eigenvalue weighted by Gasteiger charge is 2.33. The van der Waals surface area contributed by atoms with E-state index >= 15 is 0 Å². The van der Waals surface area contributed by atoms with E-state index in [0.29, 0.717) is 36.6 Å². The van der Waals surface area contributed by atoms with E-state index in [1.807, 2.05) is 18.2 Å². The first-order valence-electron chi connectivity index (χ1n) is 11.3. The van der Waals surface area contributed by atoms with E-state index in [0.717, 1.165) is 11.3 Å². The summed E-state index contributed by atoms with van der Waals surface area (Å²) in [6, 6.07) is 16.9. The molecule has 1 atom stereocenters. The van der Waals surface area contributed by atoms with Crippen LogP contribution in [0.25, 0.3) is 0 Å². The predicted molar refractivity (Wildman–Crippen MR) is 135 cm³/mol. The molecule has 2 amide bonds. The summed E-state index contributed by atoms with van der Waals surface area (Å²) in [5.74, 6) is 0.856. The van der Waals surface area contributed by atoms with Crippen LogP contribution in [0.3, 0.4) is 0 Å². The Morgan fingerprint density at radius 1 is 1.09 bits per heavy atom. The van der Waals surface area contributed by atoms with Crippen molar-refractivity contribution in [3.8, 4) is 0 Å². The van der Waals surface area contributed by atoms with Crippen LogP contribution in [-0.4, -0.2) is 48.3 Å². The largest absolute Gasteiger partial charge is 0.467 e. The van der Waals surface area contributed by atoms with Crippen molar-refractivity contribution in [2.24, 2.45) is 0 Å². The van der Waals surface area contributed by atoms with Crippen molar-refractivity contribution in [1.29, 1.82) is 0 Å². The Morgan fingerprint density at radius 3 is 2.37 bits per heavy atom. The molecule has 1 aliphatic rings. The van der Waals surface area contributed by atoms with Crippen LogP contribution in [0.4, 0.5) is 5.69 Å². The summed E-state index contributed by atoms with van der Waals surface area (Å²) in [6.07, 6.45) is 1.59. The quantitative estimate of drug-likeness (QED) is 0.457. The highest BCUT2D eigenvalue weighted by molar-refractivity contribution is 8.00. The van der Waals surface area contributed by atoms with Gasteiger partial charge in [0, 0.05) is 24.3 Å². The number of hydrogen-bond acceptors (Lipinski definition) is 6. The van der Waals surface area contributed by atoms with Gasteiger partial charge in [-0.15, -0.1) is 11.8 Å². The first-order chi connectivity index (χ1) is 16.8. The minimum absolute atomic E-state index is 0.0460. The van der Waals surface area contributed by atoms with Gasteiger partial charge in [0.05, 0.1) is 23.5 Å². The molecular weight excluding hydrogens is 486 g/mol. The first kappa shape index (κ1) is 25.0. The van der Waals surface area contributed by atoms with Gasteiger partial charge in [0.25, 0.3) is 5.91 Å². The molecule has 1 saturated heterocycles. The normalized spacial score (nSPS) is 16.1. The molecule has 1 N–H and O–H groups in total. The molecule has 0 saturated carbocycles. The minimum atomic E-state index is -3.55. The zero-order valence-corrected chi connectivity index (χ0v) is 21.1. The van der Waals surface area contributed by atoms with Gasteiger partial charge in [-0.2, -0.15) is 4.31 Å². The molecular formula is C25H27N3O5S2. The van der Waals surface area contributed by atoms with Gasteiger partial charge in [-0.05, 0) is 54.1 Å². The second kappa shape index (κ2) is 10.7. The number of furan rings is 1. The van der Waals surface area contributed by atoms with Gasteiger partial charge in [0.1, 0.15) is 11.1 Å². The molecule has 2 heterocycles. The summed E-state index contributed by atoms with van der Waals surface area (Å²) in [5, 5.41) is 2.65. The molecule has 8 nitrogen and oxygen atoms in total. The van der Waals surface area contributed by atoms with Crippen molar-refractivity contribution >= 4 is 39.3 Å². The second-order valence-corrected chi connectivity index (χ2v) is 11.0. The summed E-state index contributed by atoms with van der Waals surface area (Å²) in [6.45, 7) is 4.76. The van der Waals surface area contributed by atoms with Crippen molar-refractivity contribution in [2.45, 2.75) is 30.7 Å². The van der Waals surface area contributed by atoms with E-state index in [1.54, 1.807) is 67.1 Å². The SMILES string of the molecule is CCN(CC)S(=O)(=O)c1ccc(NC(=O)c2ccc([C@H]3SCC(=O)N3Cc3ccco3)cc2)cc1. The van der Waals surface area contributed by atoms with Crippen LogP contribution in [0.15, 0.2) is 76.2 Å². The molecule has 35 heavy (non-hydrogen) atoms. The number of nitrogens with one attached hydrogen (secondary N) is 1. The molecule has 4 rings (SSSR count). The molecule has 0 spiro atoms. The third kappa shape index (κ3) is 5.44. The summed E-state index contributed by atoms with van der Waals surface area (Å²) in [5.41, 5.74) is 1.88. The number of benzene rings is 2. The number of carbonyl (C=O) groups is 2. The van der Waals surface area contributed by atoms with E-state index < -0.39 is 10.0 Å². The molecule has 0 radical (unpaired) electrons. The van der Waals surface area contributed by atoms with Crippen molar-refractivity contribution in [3.05, 3.63) is 83.8 Å². The van der Waals surface area contributed by atoms with Crippen LogP contribution < -0.4 is 5.32 Å². The van der Waals surface area contributed by atoms with Gasteiger partial charge < -0.3 is 14.6 Å². The molecule has 0 aliphatic carbocycles. The number of rotatable bonds is 9. The molecule has 1 aliphatic heterocycles. The van der Waals surface area contributed by atoms with E-state index in [4.69, 9.17) is 4.42 Å². The Bertz CT molecular complexity index is 1270. The Balaban J connectivity index is 1.42. The monoisotopic (exact) mass is 513 g/mol. The Kier molecular flexibility index (Phi) is 7.63. The standard InChI is InChI=1S/C25H27N3O5S2/c1-3-27(4-2)35(31,32)22-13-11-20(12-14-22)26-24(30)18-7-9-19(10-8-18)25-28(23(29)17-34-25)16-21-6-5-15-33-21/h5-15,25H,3-4,16-17H2,1-2H3,(H,26,30)/t25-/m1/s1. The van der Waals surface area contributed by atoms with Gasteiger partial charge in [0.2, 0.25) is 15.9 Å². The maximum absolute atomic E-state index is 12.7. The average Bonchev–Trinajstić information content (AvgIpc) is 3.50. The van der Waals surface area contributed by atoms with E-state index in [2.05, 4.69) is 5.32 Å². The lowest BCUT2D eigenvalue weighted by atomic mass is 10.1. The zero-order chi connectivity index (χ0) is 25.0. The topological polar surface area (TPSA) is 99.9 Å². The smallest absolute Gasteiger partial charge is 0.255 e. The van der Waals surface area contributed by atoms with Crippen LogP contribution in [0.1, 0.15) is 40.9 Å². The maximum Gasteiger partial charge on any atom is 0.255 e. The molecule has 0 unspecified atom stereocenters. The van der Waals surface area contributed by atoms with E-state index in [1.165, 1.54) is 16.4 Å². The Morgan fingerprint density at radius 2 is 1.77 bits per heavy atom. The Hall–Kier alpha value is -3.08. The van der Waals surface area contributed by atoms with Crippen molar-refractivity contribution < 1.29 is 22.4 Å². The molecule has 1 fully saturated rings. The number of thioether (sulfide) groups is 1. The zero-order valence-electron chi connectivity index (χ0n) is 19.5. The molecule has 0 bridgehead atoms. The van der Waals surface area contributed by atoms with E-state index in [9.17, 15) is 18.0 Å². The van der Waals surface area contributed by atoms with Gasteiger partial charge in [-0.1, -0.05) is 26.0 Å². The lowest BCUT2D eigenvalue weighted by molar-refractivity contribution is -0.128. The molecule has 2 aromatic carbocycles. The fourth-order valence-corrected chi connectivity index (χ4v) is 6.54. The number of amides is 2. The van der Waals surface area contributed by atoms with Crippen LogP contribution in [-0.2, 0) is 21.4 Å². The first-order valence-corrected chi connectivity index (χ1v) is 13.8. The third-order valence-corrected chi connectivity index (χ3v) is 9.11. The minimum Gasteiger partial charge on any atom is -0.467 e. The molecule has 184 valence electrons. The van der Waals surface area contributed by atoms with Gasteiger partial charge in [-0.3, -0.25) is 9.59 Å².